The van der Waals surface area contributed by atoms with Gasteiger partial charge in [-0.25, -0.2) is 8.42 Å². The minimum Gasteiger partial charge on any atom is -0.223 e. The summed E-state index contributed by atoms with van der Waals surface area (Å²) in [4.78, 5) is 0.371. The number of alkyl halides is 1. The number of fused-ring (bicyclic) bond motifs is 7. The summed E-state index contributed by atoms with van der Waals surface area (Å²) in [5.41, 5.74) is 4.26. The number of rotatable bonds is 2. The maximum Gasteiger partial charge on any atom is 0.182 e. The monoisotopic (exact) mass is 380 g/mol. The van der Waals surface area contributed by atoms with Gasteiger partial charge in [-0.1, -0.05) is 66.7 Å². The fourth-order valence-corrected chi connectivity index (χ4v) is 7.48. The number of hydrogen-bond acceptors (Lipinski definition) is 2. The summed E-state index contributed by atoms with van der Waals surface area (Å²) >= 11 is 6.89. The highest BCUT2D eigenvalue weighted by Crippen LogP contribution is 2.61. The molecule has 3 aromatic rings. The maximum absolute atomic E-state index is 13.6. The molecule has 0 aromatic heterocycles. The van der Waals surface area contributed by atoms with Gasteiger partial charge >= 0.3 is 0 Å². The van der Waals surface area contributed by atoms with Crippen molar-refractivity contribution in [1.29, 1.82) is 0 Å². The van der Waals surface area contributed by atoms with E-state index in [0.717, 1.165) is 22.3 Å². The highest BCUT2D eigenvalue weighted by molar-refractivity contribution is 7.92. The van der Waals surface area contributed by atoms with Crippen LogP contribution in [-0.4, -0.2) is 13.7 Å². The highest BCUT2D eigenvalue weighted by Gasteiger charge is 2.55. The largest absolute Gasteiger partial charge is 0.223 e. The Balaban J connectivity index is 1.79. The molecule has 2 nitrogen and oxygen atoms in total. The molecule has 0 unspecified atom stereocenters. The normalized spacial score (nSPS) is 26.2. The predicted octanol–water partition coefficient (Wildman–Crippen LogP) is 5.05. The van der Waals surface area contributed by atoms with Crippen LogP contribution in [0.2, 0.25) is 0 Å². The molecule has 4 atom stereocenters. The Hall–Kier alpha value is -2.10. The van der Waals surface area contributed by atoms with Gasteiger partial charge in [0.2, 0.25) is 0 Å². The lowest BCUT2D eigenvalue weighted by molar-refractivity contribution is 0.525. The molecule has 0 saturated carbocycles. The second-order valence-electron chi connectivity index (χ2n) is 6.99. The molecule has 0 spiro atoms. The fourth-order valence-electron chi connectivity index (χ4n) is 4.71. The van der Waals surface area contributed by atoms with E-state index in [-0.39, 0.29) is 17.2 Å². The average Bonchev–Trinajstić information content (AvgIpc) is 2.99. The fraction of sp³-hybridized carbons (Fsp3) is 0.182. The van der Waals surface area contributed by atoms with Crippen LogP contribution in [0.3, 0.4) is 0 Å². The van der Waals surface area contributed by atoms with Gasteiger partial charge in [-0.3, -0.25) is 0 Å². The van der Waals surface area contributed by atoms with Gasteiger partial charge in [0.25, 0.3) is 0 Å². The molecule has 4 heteroatoms. The van der Waals surface area contributed by atoms with Gasteiger partial charge in [0.15, 0.2) is 9.84 Å². The van der Waals surface area contributed by atoms with Gasteiger partial charge in [-0.15, -0.1) is 11.6 Å². The van der Waals surface area contributed by atoms with Crippen molar-refractivity contribution in [2.45, 2.75) is 27.4 Å². The number of sulfone groups is 1. The molecule has 130 valence electrons. The second kappa shape index (κ2) is 5.70. The summed E-state index contributed by atoms with van der Waals surface area (Å²) in [5, 5.41) is -0.922. The number of benzene rings is 3. The number of hydrogen-bond donors (Lipinski definition) is 0. The van der Waals surface area contributed by atoms with E-state index in [1.165, 1.54) is 0 Å². The molecule has 5 rings (SSSR count). The lowest BCUT2D eigenvalue weighted by Crippen LogP contribution is -2.35. The summed E-state index contributed by atoms with van der Waals surface area (Å²) in [6, 6.07) is 24.8. The first-order chi connectivity index (χ1) is 12.6. The molecule has 0 N–H and O–H groups in total. The summed E-state index contributed by atoms with van der Waals surface area (Å²) < 4.78 is 27.2. The summed E-state index contributed by atoms with van der Waals surface area (Å²) in [6.07, 6.45) is 0. The first kappa shape index (κ1) is 16.1. The van der Waals surface area contributed by atoms with Crippen LogP contribution in [-0.2, 0) is 9.84 Å². The first-order valence-corrected chi connectivity index (χ1v) is 10.7. The summed E-state index contributed by atoms with van der Waals surface area (Å²) in [7, 11) is -3.53. The third kappa shape index (κ3) is 2.07. The molecular weight excluding hydrogens is 364 g/mol. The van der Waals surface area contributed by atoms with Crippen LogP contribution >= 0.6 is 11.6 Å². The van der Waals surface area contributed by atoms with Gasteiger partial charge in [0.1, 0.15) is 0 Å². The Morgan fingerprint density at radius 1 is 0.654 bits per heavy atom. The minimum atomic E-state index is -3.53. The smallest absolute Gasteiger partial charge is 0.182 e. The van der Waals surface area contributed by atoms with Crippen molar-refractivity contribution in [3.05, 3.63) is 101 Å². The molecular formula is C22H17ClO2S. The molecule has 2 bridgehead atoms. The van der Waals surface area contributed by atoms with Gasteiger partial charge in [-0.2, -0.15) is 0 Å². The van der Waals surface area contributed by atoms with Crippen LogP contribution < -0.4 is 0 Å². The Kier molecular flexibility index (Phi) is 3.53. The van der Waals surface area contributed by atoms with Gasteiger partial charge in [-0.05, 0) is 34.4 Å². The van der Waals surface area contributed by atoms with E-state index in [0.29, 0.717) is 4.90 Å². The van der Waals surface area contributed by atoms with Crippen LogP contribution in [0, 0.1) is 0 Å². The quantitative estimate of drug-likeness (QED) is 0.583. The van der Waals surface area contributed by atoms with E-state index in [1.54, 1.807) is 24.3 Å². The zero-order valence-corrected chi connectivity index (χ0v) is 15.5. The standard InChI is InChI=1S/C22H17ClO2S/c23-21-18-13-7-6-12-17(18)19-15-10-4-5-11-16(15)20(21)22(19)26(24,25)14-8-2-1-3-9-14/h1-13,19-22H/t19-,20-,21-,22-/m1/s1. The minimum absolute atomic E-state index is 0.174. The van der Waals surface area contributed by atoms with E-state index in [9.17, 15) is 8.42 Å². The van der Waals surface area contributed by atoms with Gasteiger partial charge in [0.05, 0.1) is 15.5 Å². The van der Waals surface area contributed by atoms with Crippen molar-refractivity contribution in [3.8, 4) is 0 Å². The zero-order valence-electron chi connectivity index (χ0n) is 13.9. The topological polar surface area (TPSA) is 34.1 Å². The first-order valence-electron chi connectivity index (χ1n) is 8.71. The van der Waals surface area contributed by atoms with E-state index in [2.05, 4.69) is 6.07 Å². The van der Waals surface area contributed by atoms with Gasteiger partial charge < -0.3 is 0 Å². The molecule has 26 heavy (non-hydrogen) atoms. The van der Waals surface area contributed by atoms with Crippen molar-refractivity contribution >= 4 is 21.4 Å². The third-order valence-corrected chi connectivity index (χ3v) is 8.46. The summed E-state index contributed by atoms with van der Waals surface area (Å²) in [6.45, 7) is 0. The van der Waals surface area contributed by atoms with Crippen molar-refractivity contribution in [3.63, 3.8) is 0 Å². The van der Waals surface area contributed by atoms with E-state index >= 15 is 0 Å². The Bertz CT molecular complexity index is 1090. The Morgan fingerprint density at radius 3 is 1.81 bits per heavy atom. The maximum atomic E-state index is 13.6. The summed E-state index contributed by atoms with van der Waals surface area (Å²) in [5.74, 6) is -0.412. The third-order valence-electron chi connectivity index (χ3n) is 5.75. The van der Waals surface area contributed by atoms with Gasteiger partial charge in [0, 0.05) is 11.8 Å². The van der Waals surface area contributed by atoms with E-state index in [1.807, 2.05) is 48.5 Å². The SMILES string of the molecule is O=S(=O)(c1ccccc1)[C@@H]1[C@@H]2c3ccccc3[C@@H]1[C@H](Cl)c1ccccc12. The van der Waals surface area contributed by atoms with E-state index < -0.39 is 15.1 Å². The van der Waals surface area contributed by atoms with Crippen molar-refractivity contribution < 1.29 is 8.42 Å². The van der Waals surface area contributed by atoms with E-state index in [4.69, 9.17) is 11.6 Å². The molecule has 0 fully saturated rings. The van der Waals surface area contributed by atoms with Crippen molar-refractivity contribution in [2.24, 2.45) is 0 Å². The molecule has 3 aromatic carbocycles. The lowest BCUT2D eigenvalue weighted by atomic mass is 9.80. The molecule has 0 heterocycles. The molecule has 2 aliphatic carbocycles. The van der Waals surface area contributed by atoms with Crippen molar-refractivity contribution in [1.82, 2.24) is 0 Å². The van der Waals surface area contributed by atoms with Crippen LogP contribution in [0.1, 0.15) is 39.5 Å². The Morgan fingerprint density at radius 2 is 1.15 bits per heavy atom. The lowest BCUT2D eigenvalue weighted by Gasteiger charge is -2.35. The highest BCUT2D eigenvalue weighted by atomic mass is 35.5. The van der Waals surface area contributed by atoms with Crippen LogP contribution in [0.15, 0.2) is 83.8 Å². The van der Waals surface area contributed by atoms with Crippen LogP contribution in [0.5, 0.6) is 0 Å². The van der Waals surface area contributed by atoms with Crippen LogP contribution in [0.4, 0.5) is 0 Å². The van der Waals surface area contributed by atoms with Crippen molar-refractivity contribution in [2.75, 3.05) is 0 Å². The zero-order chi connectivity index (χ0) is 17.9. The Labute approximate surface area is 158 Å². The van der Waals surface area contributed by atoms with Crippen LogP contribution in [0.25, 0.3) is 0 Å². The molecule has 0 radical (unpaired) electrons. The second-order valence-corrected chi connectivity index (χ2v) is 9.56. The molecule has 2 aliphatic rings. The predicted molar refractivity (Wildman–Crippen MR) is 103 cm³/mol. The average molecular weight is 381 g/mol. The molecule has 0 aliphatic heterocycles. The number of halogens is 1. The molecule has 0 saturated heterocycles. The molecule has 0 amide bonds.